The van der Waals surface area contributed by atoms with E-state index in [9.17, 15) is 4.79 Å². The van der Waals surface area contributed by atoms with Gasteiger partial charge in [0.15, 0.2) is 6.04 Å². The maximum absolute atomic E-state index is 13.1. The first-order chi connectivity index (χ1) is 11.3. The van der Waals surface area contributed by atoms with Crippen LogP contribution in [0.3, 0.4) is 0 Å². The van der Waals surface area contributed by atoms with Crippen LogP contribution in [0.2, 0.25) is 0 Å². The number of benzene rings is 2. The van der Waals surface area contributed by atoms with Crippen LogP contribution in [0, 0.1) is 0 Å². The number of nitrogens with one attached hydrogen (secondary N) is 1. The highest BCUT2D eigenvalue weighted by atomic mass is 16.5. The molecule has 0 radical (unpaired) electrons. The second-order valence-electron chi connectivity index (χ2n) is 5.52. The van der Waals surface area contributed by atoms with Crippen molar-refractivity contribution in [3.8, 4) is 0 Å². The zero-order valence-electron chi connectivity index (χ0n) is 13.2. The molecule has 1 heterocycles. The molecular weight excluding hydrogens is 288 g/mol. The van der Waals surface area contributed by atoms with Gasteiger partial charge in [-0.15, -0.1) is 0 Å². The fourth-order valence-corrected chi connectivity index (χ4v) is 2.85. The Balaban J connectivity index is 1.93. The number of fused-ring (bicyclic) bond motifs is 1. The van der Waals surface area contributed by atoms with Gasteiger partial charge in [0.1, 0.15) is 6.54 Å². The number of rotatable bonds is 7. The predicted molar refractivity (Wildman–Crippen MR) is 90.5 cm³/mol. The van der Waals surface area contributed by atoms with Crippen molar-refractivity contribution in [1.29, 1.82) is 0 Å². The molecule has 0 saturated carbocycles. The standard InChI is InChI=1S/C19H20N2O2/c1-23-12-11-20-18(14-7-3-2-4-8-14)19(22)16-13-21-17-10-6-5-9-15(16)17/h2-10,13,18,20-21H,11-12H2,1H3/p+1/t18-/m0/s1. The smallest absolute Gasteiger partial charge is 0.226 e. The molecule has 0 aliphatic carbocycles. The number of quaternary nitrogens is 1. The molecule has 1 aromatic heterocycles. The third-order valence-electron chi connectivity index (χ3n) is 4.02. The molecule has 3 rings (SSSR count). The number of carbonyl (C=O) groups is 1. The highest BCUT2D eigenvalue weighted by Crippen LogP contribution is 2.22. The van der Waals surface area contributed by atoms with E-state index in [4.69, 9.17) is 4.74 Å². The number of ketones is 1. The van der Waals surface area contributed by atoms with E-state index in [2.05, 4.69) is 4.98 Å². The molecule has 3 N–H and O–H groups in total. The summed E-state index contributed by atoms with van der Waals surface area (Å²) in [7, 11) is 1.67. The Labute approximate surface area is 135 Å². The van der Waals surface area contributed by atoms with E-state index in [0.717, 1.165) is 28.6 Å². The van der Waals surface area contributed by atoms with E-state index in [0.29, 0.717) is 6.61 Å². The van der Waals surface area contributed by atoms with Crippen LogP contribution in [0.1, 0.15) is 22.0 Å². The number of nitrogens with two attached hydrogens (primary N) is 1. The number of methoxy groups -OCH3 is 1. The molecular formula is C19H21N2O2+. The Kier molecular flexibility index (Phi) is 4.86. The normalized spacial score (nSPS) is 12.4. The Morgan fingerprint density at radius 3 is 2.65 bits per heavy atom. The fraction of sp³-hybridized carbons (Fsp3) is 0.211. The SMILES string of the molecule is COCC[NH2+][C@H](C(=O)c1c[nH]c2ccccc12)c1ccccc1. The molecule has 0 amide bonds. The molecule has 23 heavy (non-hydrogen) atoms. The summed E-state index contributed by atoms with van der Waals surface area (Å²) in [6, 6.07) is 17.5. The van der Waals surface area contributed by atoms with E-state index in [-0.39, 0.29) is 11.8 Å². The van der Waals surface area contributed by atoms with E-state index in [1.54, 1.807) is 7.11 Å². The summed E-state index contributed by atoms with van der Waals surface area (Å²) in [4.78, 5) is 16.3. The minimum absolute atomic E-state index is 0.116. The number of para-hydroxylation sites is 1. The van der Waals surface area contributed by atoms with Gasteiger partial charge in [-0.2, -0.15) is 0 Å². The molecule has 0 spiro atoms. The quantitative estimate of drug-likeness (QED) is 0.520. The lowest BCUT2D eigenvalue weighted by Crippen LogP contribution is -2.87. The first-order valence-electron chi connectivity index (χ1n) is 7.79. The summed E-state index contributed by atoms with van der Waals surface area (Å²) >= 11 is 0. The van der Waals surface area contributed by atoms with Crippen molar-refractivity contribution in [2.45, 2.75) is 6.04 Å². The van der Waals surface area contributed by atoms with Gasteiger partial charge < -0.3 is 15.0 Å². The lowest BCUT2D eigenvalue weighted by atomic mass is 9.97. The van der Waals surface area contributed by atoms with Gasteiger partial charge >= 0.3 is 0 Å². The van der Waals surface area contributed by atoms with Crippen LogP contribution < -0.4 is 5.32 Å². The van der Waals surface area contributed by atoms with Crippen molar-refractivity contribution in [1.82, 2.24) is 4.98 Å². The van der Waals surface area contributed by atoms with Gasteiger partial charge in [0.2, 0.25) is 5.78 Å². The van der Waals surface area contributed by atoms with Crippen LogP contribution in [-0.2, 0) is 4.74 Å². The van der Waals surface area contributed by atoms with E-state index >= 15 is 0 Å². The minimum Gasteiger partial charge on any atom is -0.379 e. The molecule has 0 saturated heterocycles. The van der Waals surface area contributed by atoms with Crippen molar-refractivity contribution in [2.75, 3.05) is 20.3 Å². The van der Waals surface area contributed by atoms with Gasteiger partial charge in [-0.3, -0.25) is 4.79 Å². The third kappa shape index (κ3) is 3.33. The Morgan fingerprint density at radius 1 is 1.13 bits per heavy atom. The Hall–Kier alpha value is -2.43. The fourth-order valence-electron chi connectivity index (χ4n) is 2.85. The summed E-state index contributed by atoms with van der Waals surface area (Å²) in [5.41, 5.74) is 2.74. The number of aromatic amines is 1. The van der Waals surface area contributed by atoms with Crippen LogP contribution in [0.15, 0.2) is 60.8 Å². The number of aromatic nitrogens is 1. The third-order valence-corrected chi connectivity index (χ3v) is 4.02. The summed E-state index contributed by atoms with van der Waals surface area (Å²) in [5.74, 6) is 0.116. The highest BCUT2D eigenvalue weighted by Gasteiger charge is 2.27. The zero-order valence-corrected chi connectivity index (χ0v) is 13.2. The van der Waals surface area contributed by atoms with Gasteiger partial charge in [-0.05, 0) is 6.07 Å². The maximum Gasteiger partial charge on any atom is 0.226 e. The second-order valence-corrected chi connectivity index (χ2v) is 5.52. The average molecular weight is 309 g/mol. The van der Waals surface area contributed by atoms with Gasteiger partial charge in [0.05, 0.1) is 6.61 Å². The Morgan fingerprint density at radius 2 is 1.87 bits per heavy atom. The summed E-state index contributed by atoms with van der Waals surface area (Å²) in [5, 5.41) is 3.02. The van der Waals surface area contributed by atoms with Crippen LogP contribution >= 0.6 is 0 Å². The minimum atomic E-state index is -0.259. The molecule has 0 aliphatic heterocycles. The molecule has 4 nitrogen and oxygen atoms in total. The summed E-state index contributed by atoms with van der Waals surface area (Å²) < 4.78 is 5.12. The lowest BCUT2D eigenvalue weighted by molar-refractivity contribution is -0.682. The first kappa shape index (κ1) is 15.5. The van der Waals surface area contributed by atoms with Crippen LogP contribution in [-0.4, -0.2) is 31.0 Å². The van der Waals surface area contributed by atoms with Gasteiger partial charge in [-0.1, -0.05) is 48.5 Å². The molecule has 0 unspecified atom stereocenters. The number of hydrogen-bond acceptors (Lipinski definition) is 2. The lowest BCUT2D eigenvalue weighted by Gasteiger charge is -2.14. The van der Waals surface area contributed by atoms with Crippen molar-refractivity contribution >= 4 is 16.7 Å². The van der Waals surface area contributed by atoms with Crippen LogP contribution in [0.5, 0.6) is 0 Å². The molecule has 1 atom stereocenters. The zero-order chi connectivity index (χ0) is 16.1. The number of Topliss-reactive ketones (excluding diaryl/α,β-unsaturated/α-hetero) is 1. The molecule has 0 bridgehead atoms. The highest BCUT2D eigenvalue weighted by molar-refractivity contribution is 6.09. The van der Waals surface area contributed by atoms with Crippen molar-refractivity contribution in [3.63, 3.8) is 0 Å². The van der Waals surface area contributed by atoms with Crippen LogP contribution in [0.25, 0.3) is 10.9 Å². The largest absolute Gasteiger partial charge is 0.379 e. The Bertz CT molecular complexity index is 780. The van der Waals surface area contributed by atoms with Gasteiger partial charge in [0.25, 0.3) is 0 Å². The monoisotopic (exact) mass is 309 g/mol. The average Bonchev–Trinajstić information content (AvgIpc) is 3.03. The molecule has 3 aromatic rings. The van der Waals surface area contributed by atoms with Crippen LogP contribution in [0.4, 0.5) is 0 Å². The number of carbonyl (C=O) groups excluding carboxylic acids is 1. The topological polar surface area (TPSA) is 58.7 Å². The second kappa shape index (κ2) is 7.22. The van der Waals surface area contributed by atoms with E-state index in [1.807, 2.05) is 66.1 Å². The number of H-pyrrole nitrogens is 1. The predicted octanol–water partition coefficient (Wildman–Crippen LogP) is 2.30. The number of ether oxygens (including phenoxy) is 1. The van der Waals surface area contributed by atoms with Crippen molar-refractivity contribution in [3.05, 3.63) is 71.9 Å². The summed E-state index contributed by atoms with van der Waals surface area (Å²) in [6.07, 6.45) is 1.81. The number of hydrogen-bond donors (Lipinski definition) is 2. The molecule has 0 fully saturated rings. The van der Waals surface area contributed by atoms with E-state index < -0.39 is 0 Å². The van der Waals surface area contributed by atoms with Gasteiger partial charge in [0, 0.05) is 35.3 Å². The maximum atomic E-state index is 13.1. The van der Waals surface area contributed by atoms with Crippen molar-refractivity contribution < 1.29 is 14.8 Å². The molecule has 0 aliphatic rings. The summed E-state index contributed by atoms with van der Waals surface area (Å²) in [6.45, 7) is 1.36. The van der Waals surface area contributed by atoms with Gasteiger partial charge in [-0.25, -0.2) is 0 Å². The van der Waals surface area contributed by atoms with E-state index in [1.165, 1.54) is 0 Å². The molecule has 2 aromatic carbocycles. The molecule has 118 valence electrons. The first-order valence-corrected chi connectivity index (χ1v) is 7.79. The molecule has 4 heteroatoms. The van der Waals surface area contributed by atoms with Crippen molar-refractivity contribution in [2.24, 2.45) is 0 Å².